The Morgan fingerprint density at radius 1 is 1.32 bits per heavy atom. The van der Waals surface area contributed by atoms with Crippen LogP contribution in [0.25, 0.3) is 0 Å². The Morgan fingerprint density at radius 3 is 2.71 bits per heavy atom. The van der Waals surface area contributed by atoms with Crippen LogP contribution in [-0.4, -0.2) is 91.2 Å². The van der Waals surface area contributed by atoms with Gasteiger partial charge in [0.15, 0.2) is 14.2 Å². The van der Waals surface area contributed by atoms with Crippen molar-refractivity contribution in [1.29, 1.82) is 0 Å². The molecule has 156 valence electrons. The Morgan fingerprint density at radius 2 is 2.07 bits per heavy atom. The Balaban J connectivity index is 1.40. The second-order valence-electron chi connectivity index (χ2n) is 6.85. The minimum absolute atomic E-state index is 0.0610. The van der Waals surface area contributed by atoms with E-state index in [1.807, 2.05) is 10.3 Å². The van der Waals surface area contributed by atoms with Gasteiger partial charge in [0.1, 0.15) is 0 Å². The number of nitrogens with zero attached hydrogens (tertiary/aromatic N) is 3. The smallest absolute Gasteiger partial charge is 0.311 e. The molecule has 2 aliphatic heterocycles. The molecule has 0 bridgehead atoms. The van der Waals surface area contributed by atoms with Crippen LogP contribution in [0, 0.1) is 0 Å². The van der Waals surface area contributed by atoms with E-state index >= 15 is 0 Å². The van der Waals surface area contributed by atoms with Crippen LogP contribution in [-0.2, 0) is 30.6 Å². The molecular weight excluding hydrogens is 422 g/mol. The molecule has 1 aromatic heterocycles. The lowest BCUT2D eigenvalue weighted by Crippen LogP contribution is -2.52. The number of rotatable bonds is 7. The number of thiazole rings is 1. The van der Waals surface area contributed by atoms with E-state index in [9.17, 15) is 18.0 Å². The topological polar surface area (TPSA) is 96.9 Å². The van der Waals surface area contributed by atoms with Crippen molar-refractivity contribution in [1.82, 2.24) is 14.8 Å². The van der Waals surface area contributed by atoms with Crippen molar-refractivity contribution in [3.8, 4) is 0 Å². The average Bonchev–Trinajstić information content (AvgIpc) is 3.26. The van der Waals surface area contributed by atoms with E-state index in [-0.39, 0.29) is 35.8 Å². The Hall–Kier alpha value is -1.17. The molecule has 8 nitrogen and oxygen atoms in total. The molecule has 2 aliphatic rings. The zero-order valence-electron chi connectivity index (χ0n) is 15.8. The van der Waals surface area contributed by atoms with Gasteiger partial charge in [-0.2, -0.15) is 0 Å². The highest BCUT2D eigenvalue weighted by Gasteiger charge is 2.34. The first kappa shape index (κ1) is 21.5. The van der Waals surface area contributed by atoms with Gasteiger partial charge in [0.05, 0.1) is 36.0 Å². The summed E-state index contributed by atoms with van der Waals surface area (Å²) in [5.74, 6) is 0.595. The van der Waals surface area contributed by atoms with Gasteiger partial charge >= 0.3 is 5.97 Å². The summed E-state index contributed by atoms with van der Waals surface area (Å²) in [6.07, 6.45) is 0.849. The SMILES string of the molecule is CCOC(=O)Cc1csc(SCC(=O)N2CCN(C3CCS(=O)(=O)C3)CC2)n1. The third kappa shape index (κ3) is 5.91. The standard InChI is InChI=1S/C17H25N3O5S3/c1-2-25-16(22)9-13-10-26-17(18-13)27-11-15(21)20-6-4-19(5-7-20)14-3-8-28(23,24)12-14/h10,14H,2-9,11-12H2,1H3. The van der Waals surface area contributed by atoms with Crippen molar-refractivity contribution in [2.45, 2.75) is 30.1 Å². The number of hydrogen-bond donors (Lipinski definition) is 0. The molecule has 2 saturated heterocycles. The summed E-state index contributed by atoms with van der Waals surface area (Å²) in [6.45, 7) is 4.81. The number of carbonyl (C=O) groups is 2. The molecule has 0 aliphatic carbocycles. The predicted molar refractivity (Wildman–Crippen MR) is 108 cm³/mol. The number of carbonyl (C=O) groups excluding carboxylic acids is 2. The van der Waals surface area contributed by atoms with Crippen LogP contribution in [0.5, 0.6) is 0 Å². The van der Waals surface area contributed by atoms with Crippen LogP contribution in [0.2, 0.25) is 0 Å². The molecule has 3 heterocycles. The van der Waals surface area contributed by atoms with Crippen LogP contribution in [0.4, 0.5) is 0 Å². The fraction of sp³-hybridized carbons (Fsp3) is 0.706. The number of ether oxygens (including phenoxy) is 1. The van der Waals surface area contributed by atoms with E-state index in [0.29, 0.717) is 37.6 Å². The monoisotopic (exact) mass is 447 g/mol. The number of piperazine rings is 1. The number of sulfone groups is 1. The number of thioether (sulfide) groups is 1. The minimum Gasteiger partial charge on any atom is -0.466 e. The van der Waals surface area contributed by atoms with Crippen molar-refractivity contribution < 1.29 is 22.7 Å². The molecule has 0 aromatic carbocycles. The van der Waals surface area contributed by atoms with E-state index in [1.54, 1.807) is 6.92 Å². The number of aromatic nitrogens is 1. The maximum absolute atomic E-state index is 12.5. The lowest BCUT2D eigenvalue weighted by atomic mass is 10.2. The molecular formula is C17H25N3O5S3. The van der Waals surface area contributed by atoms with Crippen molar-refractivity contribution in [2.24, 2.45) is 0 Å². The number of esters is 1. The summed E-state index contributed by atoms with van der Waals surface area (Å²) in [6, 6.07) is 0.102. The highest BCUT2D eigenvalue weighted by Crippen LogP contribution is 2.24. The van der Waals surface area contributed by atoms with Gasteiger partial charge in [-0.25, -0.2) is 13.4 Å². The zero-order valence-corrected chi connectivity index (χ0v) is 18.3. The highest BCUT2D eigenvalue weighted by atomic mass is 32.2. The van der Waals surface area contributed by atoms with E-state index in [1.165, 1.54) is 23.1 Å². The molecule has 0 N–H and O–H groups in total. The van der Waals surface area contributed by atoms with Crippen molar-refractivity contribution in [2.75, 3.05) is 50.0 Å². The summed E-state index contributed by atoms with van der Waals surface area (Å²) < 4.78 is 29.0. The summed E-state index contributed by atoms with van der Waals surface area (Å²) in [5, 5.41) is 1.82. The molecule has 28 heavy (non-hydrogen) atoms. The van der Waals surface area contributed by atoms with Crippen molar-refractivity contribution >= 4 is 44.8 Å². The maximum atomic E-state index is 12.5. The third-order valence-electron chi connectivity index (χ3n) is 4.87. The van der Waals surface area contributed by atoms with Gasteiger partial charge in [-0.1, -0.05) is 11.8 Å². The quantitative estimate of drug-likeness (QED) is 0.445. The second kappa shape index (κ2) is 9.55. The van der Waals surface area contributed by atoms with Gasteiger partial charge in [-0.3, -0.25) is 14.5 Å². The van der Waals surface area contributed by atoms with Crippen LogP contribution < -0.4 is 0 Å². The first-order chi connectivity index (χ1) is 13.4. The van der Waals surface area contributed by atoms with Crippen LogP contribution >= 0.6 is 23.1 Å². The van der Waals surface area contributed by atoms with Gasteiger partial charge in [0.25, 0.3) is 0 Å². The molecule has 1 atom stereocenters. The van der Waals surface area contributed by atoms with Gasteiger partial charge in [-0.05, 0) is 13.3 Å². The van der Waals surface area contributed by atoms with E-state index < -0.39 is 9.84 Å². The molecule has 1 aromatic rings. The molecule has 2 fully saturated rings. The Kier molecular flexibility index (Phi) is 7.35. The molecule has 1 amide bonds. The highest BCUT2D eigenvalue weighted by molar-refractivity contribution is 8.01. The maximum Gasteiger partial charge on any atom is 0.311 e. The first-order valence-electron chi connectivity index (χ1n) is 9.31. The normalized spacial score (nSPS) is 22.3. The first-order valence-corrected chi connectivity index (χ1v) is 13.0. The van der Waals surface area contributed by atoms with Crippen molar-refractivity contribution in [3.63, 3.8) is 0 Å². The lowest BCUT2D eigenvalue weighted by molar-refractivity contribution is -0.142. The molecule has 0 radical (unpaired) electrons. The fourth-order valence-corrected chi connectivity index (χ4v) is 6.92. The summed E-state index contributed by atoms with van der Waals surface area (Å²) in [7, 11) is -2.88. The average molecular weight is 448 g/mol. The van der Waals surface area contributed by atoms with Gasteiger partial charge < -0.3 is 9.64 Å². The predicted octanol–water partition coefficient (Wildman–Crippen LogP) is 0.672. The molecule has 3 rings (SSSR count). The lowest BCUT2D eigenvalue weighted by Gasteiger charge is -2.37. The summed E-state index contributed by atoms with van der Waals surface area (Å²) in [5.41, 5.74) is 0.665. The Bertz CT molecular complexity index is 803. The molecule has 0 saturated carbocycles. The largest absolute Gasteiger partial charge is 0.466 e. The van der Waals surface area contributed by atoms with Gasteiger partial charge in [0, 0.05) is 37.6 Å². The zero-order chi connectivity index (χ0) is 20.1. The van der Waals surface area contributed by atoms with Crippen LogP contribution in [0.1, 0.15) is 19.0 Å². The molecule has 0 spiro atoms. The van der Waals surface area contributed by atoms with E-state index in [4.69, 9.17) is 4.74 Å². The number of amides is 1. The number of hydrogen-bond acceptors (Lipinski definition) is 9. The second-order valence-corrected chi connectivity index (χ2v) is 11.2. The third-order valence-corrected chi connectivity index (χ3v) is 8.68. The Labute approximate surface area is 173 Å². The van der Waals surface area contributed by atoms with Gasteiger partial charge in [-0.15, -0.1) is 11.3 Å². The van der Waals surface area contributed by atoms with E-state index in [0.717, 1.165) is 17.4 Å². The minimum atomic E-state index is -2.88. The fourth-order valence-electron chi connectivity index (χ4n) is 3.41. The molecule has 1 unspecified atom stereocenters. The van der Waals surface area contributed by atoms with Gasteiger partial charge in [0.2, 0.25) is 5.91 Å². The van der Waals surface area contributed by atoms with Crippen molar-refractivity contribution in [3.05, 3.63) is 11.1 Å². The summed E-state index contributed by atoms with van der Waals surface area (Å²) >= 11 is 2.80. The van der Waals surface area contributed by atoms with Crippen LogP contribution in [0.3, 0.4) is 0 Å². The van der Waals surface area contributed by atoms with Crippen LogP contribution in [0.15, 0.2) is 9.72 Å². The van der Waals surface area contributed by atoms with E-state index in [2.05, 4.69) is 9.88 Å². The summed E-state index contributed by atoms with van der Waals surface area (Å²) in [4.78, 5) is 32.4. The molecule has 11 heteroatoms.